The molecule has 0 heterocycles. The molecule has 0 amide bonds. The Hall–Kier alpha value is -2.01. The first-order chi connectivity index (χ1) is 9.43. The largest absolute Gasteiger partial charge is 0.398 e. The molecule has 0 aliphatic carbocycles. The van der Waals surface area contributed by atoms with Crippen LogP contribution in [0.25, 0.3) is 0 Å². The van der Waals surface area contributed by atoms with Gasteiger partial charge in [0.25, 0.3) is 0 Å². The highest BCUT2D eigenvalue weighted by Gasteiger charge is 2.21. The Morgan fingerprint density at radius 3 is 2.30 bits per heavy atom. The average Bonchev–Trinajstić information content (AvgIpc) is 2.40. The fourth-order valence-corrected chi connectivity index (χ4v) is 3.53. The molecule has 0 aromatic heterocycles. The van der Waals surface area contributed by atoms with Gasteiger partial charge < -0.3 is 5.73 Å². The van der Waals surface area contributed by atoms with Crippen molar-refractivity contribution in [1.29, 1.82) is 5.26 Å². The summed E-state index contributed by atoms with van der Waals surface area (Å²) in [6.07, 6.45) is 0. The van der Waals surface area contributed by atoms with E-state index in [2.05, 4.69) is 0 Å². The summed E-state index contributed by atoms with van der Waals surface area (Å²) < 4.78 is 23.2. The number of rotatable bonds is 3. The zero-order valence-corrected chi connectivity index (χ0v) is 11.9. The first kappa shape index (κ1) is 14.4. The van der Waals surface area contributed by atoms with E-state index in [0.717, 1.165) is 4.90 Å². The van der Waals surface area contributed by atoms with Crippen LogP contribution < -0.4 is 10.9 Å². The smallest absolute Gasteiger partial charge is 0.241 e. The molecule has 2 aromatic carbocycles. The van der Waals surface area contributed by atoms with Crippen molar-refractivity contribution in [2.24, 2.45) is 5.14 Å². The van der Waals surface area contributed by atoms with Crippen LogP contribution in [0.15, 0.2) is 57.2 Å². The van der Waals surface area contributed by atoms with Crippen LogP contribution in [-0.2, 0) is 10.0 Å². The minimum atomic E-state index is -4.05. The Labute approximate surface area is 121 Å². The number of nitriles is 1. The number of anilines is 1. The van der Waals surface area contributed by atoms with Crippen LogP contribution in [-0.4, -0.2) is 8.42 Å². The van der Waals surface area contributed by atoms with Crippen LogP contribution in [0.1, 0.15) is 5.56 Å². The van der Waals surface area contributed by atoms with Gasteiger partial charge in [-0.3, -0.25) is 0 Å². The predicted molar refractivity (Wildman–Crippen MR) is 77.5 cm³/mol. The number of hydrogen-bond donors (Lipinski definition) is 2. The van der Waals surface area contributed by atoms with Gasteiger partial charge in [0.15, 0.2) is 0 Å². The van der Waals surface area contributed by atoms with E-state index < -0.39 is 10.0 Å². The number of nitrogen functional groups attached to an aromatic ring is 1. The van der Waals surface area contributed by atoms with Crippen LogP contribution in [0.4, 0.5) is 5.69 Å². The van der Waals surface area contributed by atoms with E-state index in [0.29, 0.717) is 4.90 Å². The molecular formula is C13H11N3O2S2. The standard InChI is InChI=1S/C13H11N3O2S2/c14-8-10-12(19-9-4-2-1-3-5-9)7-6-11(15)13(10)20(16,17)18/h1-7H,15H2,(H2,16,17,18). The van der Waals surface area contributed by atoms with Crippen LogP contribution in [0.3, 0.4) is 0 Å². The van der Waals surface area contributed by atoms with Gasteiger partial charge in [-0.15, -0.1) is 0 Å². The molecule has 0 bridgehead atoms. The zero-order valence-electron chi connectivity index (χ0n) is 10.3. The fraction of sp³-hybridized carbons (Fsp3) is 0. The molecule has 2 aromatic rings. The second-order valence-electron chi connectivity index (χ2n) is 3.93. The molecule has 5 nitrogen and oxygen atoms in total. The van der Waals surface area contributed by atoms with E-state index >= 15 is 0 Å². The molecule has 4 N–H and O–H groups in total. The van der Waals surface area contributed by atoms with Gasteiger partial charge in [-0.2, -0.15) is 5.26 Å². The molecule has 2 rings (SSSR count). The summed E-state index contributed by atoms with van der Waals surface area (Å²) in [6.45, 7) is 0. The van der Waals surface area contributed by atoms with E-state index in [1.807, 2.05) is 36.4 Å². The van der Waals surface area contributed by atoms with Crippen molar-refractivity contribution in [3.05, 3.63) is 48.0 Å². The van der Waals surface area contributed by atoms with Crippen molar-refractivity contribution in [1.82, 2.24) is 0 Å². The second kappa shape index (κ2) is 5.54. The minimum absolute atomic E-state index is 0.0264. The van der Waals surface area contributed by atoms with E-state index in [4.69, 9.17) is 10.9 Å². The quantitative estimate of drug-likeness (QED) is 0.842. The zero-order chi connectivity index (χ0) is 14.8. The number of primary sulfonamides is 1. The van der Waals surface area contributed by atoms with Gasteiger partial charge in [0.1, 0.15) is 11.0 Å². The molecule has 0 aliphatic rings. The second-order valence-corrected chi connectivity index (χ2v) is 6.54. The van der Waals surface area contributed by atoms with Crippen LogP contribution in [0.2, 0.25) is 0 Å². The third kappa shape index (κ3) is 2.93. The summed E-state index contributed by atoms with van der Waals surface area (Å²) >= 11 is 1.28. The molecule has 0 aliphatic heterocycles. The first-order valence-electron chi connectivity index (χ1n) is 5.52. The Morgan fingerprint density at radius 2 is 1.75 bits per heavy atom. The molecule has 0 saturated heterocycles. The highest BCUT2D eigenvalue weighted by molar-refractivity contribution is 7.99. The first-order valence-corrected chi connectivity index (χ1v) is 7.88. The number of sulfonamides is 1. The number of nitrogens with zero attached hydrogens (tertiary/aromatic N) is 1. The third-order valence-electron chi connectivity index (χ3n) is 2.52. The van der Waals surface area contributed by atoms with E-state index in [1.165, 1.54) is 17.8 Å². The summed E-state index contributed by atoms with van der Waals surface area (Å²) in [4.78, 5) is 1.06. The van der Waals surface area contributed by atoms with Crippen molar-refractivity contribution in [3.8, 4) is 6.07 Å². The lowest BCUT2D eigenvalue weighted by atomic mass is 10.2. The molecule has 0 saturated carbocycles. The SMILES string of the molecule is N#Cc1c(Sc2ccccc2)ccc(N)c1S(N)(=O)=O. The topological polar surface area (TPSA) is 110 Å². The Morgan fingerprint density at radius 1 is 1.10 bits per heavy atom. The van der Waals surface area contributed by atoms with Crippen molar-refractivity contribution >= 4 is 27.5 Å². The van der Waals surface area contributed by atoms with Crippen LogP contribution in [0.5, 0.6) is 0 Å². The maximum atomic E-state index is 11.6. The van der Waals surface area contributed by atoms with E-state index in [1.54, 1.807) is 6.07 Å². The van der Waals surface area contributed by atoms with Crippen molar-refractivity contribution < 1.29 is 8.42 Å². The van der Waals surface area contributed by atoms with E-state index in [-0.39, 0.29) is 16.1 Å². The Kier molecular flexibility index (Phi) is 3.99. The number of hydrogen-bond acceptors (Lipinski definition) is 5. The Balaban J connectivity index is 2.59. The molecule has 0 spiro atoms. The molecular weight excluding hydrogens is 294 g/mol. The number of nitrogens with two attached hydrogens (primary N) is 2. The van der Waals surface area contributed by atoms with Crippen molar-refractivity contribution in [2.45, 2.75) is 14.7 Å². The van der Waals surface area contributed by atoms with Crippen molar-refractivity contribution in [3.63, 3.8) is 0 Å². The molecule has 20 heavy (non-hydrogen) atoms. The highest BCUT2D eigenvalue weighted by atomic mass is 32.2. The summed E-state index contributed by atoms with van der Waals surface area (Å²) in [5.74, 6) is 0. The highest BCUT2D eigenvalue weighted by Crippen LogP contribution is 2.35. The summed E-state index contributed by atoms with van der Waals surface area (Å²) in [5.41, 5.74) is 5.57. The Bertz CT molecular complexity index is 781. The predicted octanol–water partition coefficient (Wildman–Crippen LogP) is 1.94. The molecule has 102 valence electrons. The molecule has 0 unspecified atom stereocenters. The number of benzene rings is 2. The van der Waals surface area contributed by atoms with Crippen molar-refractivity contribution in [2.75, 3.05) is 5.73 Å². The molecule has 7 heteroatoms. The van der Waals surface area contributed by atoms with Gasteiger partial charge in [-0.1, -0.05) is 30.0 Å². The van der Waals surface area contributed by atoms with Crippen LogP contribution in [0, 0.1) is 11.3 Å². The average molecular weight is 305 g/mol. The molecule has 0 atom stereocenters. The lowest BCUT2D eigenvalue weighted by molar-refractivity contribution is 0.597. The van der Waals surface area contributed by atoms with Gasteiger partial charge in [0.05, 0.1) is 11.3 Å². The summed E-state index contributed by atoms with van der Waals surface area (Å²) in [6, 6.07) is 14.2. The fourth-order valence-electron chi connectivity index (χ4n) is 1.69. The minimum Gasteiger partial charge on any atom is -0.398 e. The monoisotopic (exact) mass is 305 g/mol. The van der Waals surface area contributed by atoms with E-state index in [9.17, 15) is 13.7 Å². The van der Waals surface area contributed by atoms with Gasteiger partial charge in [-0.25, -0.2) is 13.6 Å². The van der Waals surface area contributed by atoms with Gasteiger partial charge in [0.2, 0.25) is 10.0 Å². The third-order valence-corrected chi connectivity index (χ3v) is 4.59. The maximum absolute atomic E-state index is 11.6. The normalized spacial score (nSPS) is 11.0. The summed E-state index contributed by atoms with van der Waals surface area (Å²) in [7, 11) is -4.05. The van der Waals surface area contributed by atoms with Gasteiger partial charge in [0, 0.05) is 9.79 Å². The maximum Gasteiger partial charge on any atom is 0.241 e. The van der Waals surface area contributed by atoms with Gasteiger partial charge in [-0.05, 0) is 24.3 Å². The lowest BCUT2D eigenvalue weighted by Crippen LogP contribution is -2.16. The molecule has 0 radical (unpaired) electrons. The van der Waals surface area contributed by atoms with Crippen LogP contribution >= 0.6 is 11.8 Å². The summed E-state index contributed by atoms with van der Waals surface area (Å²) in [5, 5.41) is 14.4. The molecule has 0 fully saturated rings. The lowest BCUT2D eigenvalue weighted by Gasteiger charge is -2.10. The van der Waals surface area contributed by atoms with Gasteiger partial charge >= 0.3 is 0 Å².